The number of nitrogens with one attached hydrogen (secondary N) is 1. The van der Waals surface area contributed by atoms with Crippen molar-refractivity contribution in [1.29, 1.82) is 0 Å². The molecule has 1 fully saturated rings. The van der Waals surface area contributed by atoms with Crippen LogP contribution in [0, 0.1) is 17.3 Å². The molecular weight excluding hydrogens is 268 g/mol. The van der Waals surface area contributed by atoms with Crippen LogP contribution < -0.4 is 11.1 Å². The normalized spacial score (nSPS) is 17.1. The Morgan fingerprint density at radius 3 is 2.90 bits per heavy atom. The molecule has 3 nitrogen and oxygen atoms in total. The number of hydrogen-bond donors (Lipinski definition) is 2. The molecule has 0 radical (unpaired) electrons. The van der Waals surface area contributed by atoms with E-state index in [1.54, 1.807) is 11.3 Å². The van der Waals surface area contributed by atoms with Crippen molar-refractivity contribution in [2.24, 2.45) is 11.1 Å². The Bertz CT molecular complexity index is 518. The Balaban J connectivity index is 1.95. The van der Waals surface area contributed by atoms with Crippen molar-refractivity contribution in [2.45, 2.75) is 45.6 Å². The van der Waals surface area contributed by atoms with Gasteiger partial charge in [0.25, 0.3) is 0 Å². The average molecular weight is 290 g/mol. The second-order valence-electron chi connectivity index (χ2n) is 5.57. The van der Waals surface area contributed by atoms with Crippen LogP contribution >= 0.6 is 11.3 Å². The molecular formula is C16H22N2OS. The molecule has 0 unspecified atom stereocenters. The minimum Gasteiger partial charge on any atom is -0.351 e. The smallest absolute Gasteiger partial charge is 0.226 e. The van der Waals surface area contributed by atoms with E-state index in [2.05, 4.69) is 24.1 Å². The first-order valence-corrected chi connectivity index (χ1v) is 8.07. The molecule has 4 heteroatoms. The average Bonchev–Trinajstić information content (AvgIpc) is 2.90. The van der Waals surface area contributed by atoms with Gasteiger partial charge in [0, 0.05) is 15.9 Å². The third-order valence-electron chi connectivity index (χ3n) is 3.99. The minimum absolute atomic E-state index is 0.182. The molecule has 0 aromatic carbocycles. The standard InChI is InChI=1S/C16H22N2OS/c1-16(8-3-2-4-9-16)15(19)18-12-14-13(6-5-10-17)7-11-20-14/h7,11H,2-4,8-10,12,17H2,1H3,(H,18,19). The number of hydrogen-bond acceptors (Lipinski definition) is 3. The van der Waals surface area contributed by atoms with Crippen LogP contribution in [0.5, 0.6) is 0 Å². The summed E-state index contributed by atoms with van der Waals surface area (Å²) in [4.78, 5) is 13.5. The Morgan fingerprint density at radius 1 is 1.45 bits per heavy atom. The predicted molar refractivity (Wildman–Crippen MR) is 83.3 cm³/mol. The molecule has 0 saturated heterocycles. The van der Waals surface area contributed by atoms with Crippen molar-refractivity contribution in [3.05, 3.63) is 21.9 Å². The molecule has 1 amide bonds. The maximum absolute atomic E-state index is 12.4. The molecule has 1 aliphatic rings. The van der Waals surface area contributed by atoms with Crippen molar-refractivity contribution >= 4 is 17.2 Å². The Morgan fingerprint density at radius 2 is 2.20 bits per heavy atom. The van der Waals surface area contributed by atoms with Gasteiger partial charge >= 0.3 is 0 Å². The van der Waals surface area contributed by atoms with Gasteiger partial charge < -0.3 is 11.1 Å². The first kappa shape index (κ1) is 15.1. The zero-order valence-corrected chi connectivity index (χ0v) is 12.8. The molecule has 1 saturated carbocycles. The maximum atomic E-state index is 12.4. The highest BCUT2D eigenvalue weighted by atomic mass is 32.1. The van der Waals surface area contributed by atoms with Gasteiger partial charge in [-0.25, -0.2) is 0 Å². The summed E-state index contributed by atoms with van der Waals surface area (Å²) in [6, 6.07) is 1.98. The molecule has 1 heterocycles. The monoisotopic (exact) mass is 290 g/mol. The summed E-state index contributed by atoms with van der Waals surface area (Å²) in [6.45, 7) is 3.02. The Hall–Kier alpha value is -1.31. The van der Waals surface area contributed by atoms with Crippen LogP contribution in [-0.2, 0) is 11.3 Å². The second-order valence-corrected chi connectivity index (χ2v) is 6.57. The molecule has 0 aliphatic heterocycles. The van der Waals surface area contributed by atoms with Gasteiger partial charge in [0.15, 0.2) is 0 Å². The highest BCUT2D eigenvalue weighted by Gasteiger charge is 2.34. The topological polar surface area (TPSA) is 55.1 Å². The summed E-state index contributed by atoms with van der Waals surface area (Å²) in [5.74, 6) is 6.09. The lowest BCUT2D eigenvalue weighted by atomic mass is 9.75. The molecule has 0 atom stereocenters. The van der Waals surface area contributed by atoms with Crippen LogP contribution in [0.1, 0.15) is 49.5 Å². The van der Waals surface area contributed by atoms with Crippen LogP contribution in [0.3, 0.4) is 0 Å². The largest absolute Gasteiger partial charge is 0.351 e. The molecule has 1 aromatic heterocycles. The lowest BCUT2D eigenvalue weighted by Gasteiger charge is -2.31. The van der Waals surface area contributed by atoms with Crippen LogP contribution in [0.2, 0.25) is 0 Å². The van der Waals surface area contributed by atoms with Gasteiger partial charge in [0.1, 0.15) is 0 Å². The molecule has 1 aromatic rings. The first-order valence-electron chi connectivity index (χ1n) is 7.19. The SMILES string of the molecule is CC1(C(=O)NCc2sccc2C#CCN)CCCCC1. The van der Waals surface area contributed by atoms with Crippen LogP contribution in [0.15, 0.2) is 11.4 Å². The molecule has 3 N–H and O–H groups in total. The van der Waals surface area contributed by atoms with Crippen molar-refractivity contribution in [3.63, 3.8) is 0 Å². The predicted octanol–water partition coefficient (Wildman–Crippen LogP) is 2.64. The second kappa shape index (κ2) is 6.92. The van der Waals surface area contributed by atoms with E-state index in [0.717, 1.165) is 36.1 Å². The molecule has 0 spiro atoms. The third-order valence-corrected chi connectivity index (χ3v) is 4.91. The molecule has 2 rings (SSSR count). The van der Waals surface area contributed by atoms with Gasteiger partial charge in [-0.15, -0.1) is 11.3 Å². The van der Waals surface area contributed by atoms with Crippen molar-refractivity contribution < 1.29 is 4.79 Å². The molecule has 20 heavy (non-hydrogen) atoms. The van der Waals surface area contributed by atoms with Gasteiger partial charge in [0.2, 0.25) is 5.91 Å². The van der Waals surface area contributed by atoms with Gasteiger partial charge in [-0.1, -0.05) is 38.0 Å². The molecule has 1 aliphatic carbocycles. The van der Waals surface area contributed by atoms with E-state index in [1.807, 2.05) is 11.4 Å². The summed E-state index contributed by atoms with van der Waals surface area (Å²) in [7, 11) is 0. The van der Waals surface area contributed by atoms with Gasteiger partial charge in [-0.2, -0.15) is 0 Å². The fourth-order valence-electron chi connectivity index (χ4n) is 2.67. The number of amides is 1. The number of carbonyl (C=O) groups is 1. The van der Waals surface area contributed by atoms with Crippen molar-refractivity contribution in [3.8, 4) is 11.8 Å². The number of nitrogens with two attached hydrogens (primary N) is 1. The van der Waals surface area contributed by atoms with E-state index in [1.165, 1.54) is 6.42 Å². The van der Waals surface area contributed by atoms with Gasteiger partial charge in [-0.05, 0) is 24.3 Å². The number of thiophene rings is 1. The van der Waals surface area contributed by atoms with E-state index < -0.39 is 0 Å². The highest BCUT2D eigenvalue weighted by Crippen LogP contribution is 2.35. The van der Waals surface area contributed by atoms with Crippen molar-refractivity contribution in [1.82, 2.24) is 5.32 Å². The van der Waals surface area contributed by atoms with Gasteiger partial charge in [-0.3, -0.25) is 4.79 Å². The number of carbonyl (C=O) groups excluding carboxylic acids is 1. The molecule has 0 bridgehead atoms. The summed E-state index contributed by atoms with van der Waals surface area (Å²) in [5.41, 5.74) is 6.19. The van der Waals surface area contributed by atoms with Crippen LogP contribution in [0.25, 0.3) is 0 Å². The van der Waals surface area contributed by atoms with Crippen LogP contribution in [-0.4, -0.2) is 12.5 Å². The highest BCUT2D eigenvalue weighted by molar-refractivity contribution is 7.10. The zero-order valence-electron chi connectivity index (χ0n) is 12.0. The summed E-state index contributed by atoms with van der Waals surface area (Å²) in [5, 5.41) is 5.09. The van der Waals surface area contributed by atoms with E-state index in [-0.39, 0.29) is 11.3 Å². The quantitative estimate of drug-likeness (QED) is 0.841. The fourth-order valence-corrected chi connectivity index (χ4v) is 3.44. The van der Waals surface area contributed by atoms with Crippen LogP contribution in [0.4, 0.5) is 0 Å². The summed E-state index contributed by atoms with van der Waals surface area (Å²) >= 11 is 1.63. The lowest BCUT2D eigenvalue weighted by molar-refractivity contribution is -0.132. The van der Waals surface area contributed by atoms with E-state index in [0.29, 0.717) is 13.1 Å². The Labute approximate surface area is 124 Å². The first-order chi connectivity index (χ1) is 9.65. The zero-order chi connectivity index (χ0) is 14.4. The number of rotatable bonds is 3. The fraction of sp³-hybridized carbons (Fsp3) is 0.562. The van der Waals surface area contributed by atoms with E-state index >= 15 is 0 Å². The van der Waals surface area contributed by atoms with E-state index in [4.69, 9.17) is 5.73 Å². The third kappa shape index (κ3) is 3.62. The Kier molecular flexibility index (Phi) is 5.22. The minimum atomic E-state index is -0.182. The lowest BCUT2D eigenvalue weighted by Crippen LogP contribution is -2.39. The van der Waals surface area contributed by atoms with E-state index in [9.17, 15) is 4.79 Å². The molecule has 108 valence electrons. The summed E-state index contributed by atoms with van der Waals surface area (Å²) < 4.78 is 0. The summed E-state index contributed by atoms with van der Waals surface area (Å²) in [6.07, 6.45) is 5.59. The van der Waals surface area contributed by atoms with Gasteiger partial charge in [0.05, 0.1) is 13.1 Å². The maximum Gasteiger partial charge on any atom is 0.226 e. The van der Waals surface area contributed by atoms with Crippen molar-refractivity contribution in [2.75, 3.05) is 6.54 Å².